The topological polar surface area (TPSA) is 50.4 Å². The van der Waals surface area contributed by atoms with E-state index in [4.69, 9.17) is 4.74 Å². The van der Waals surface area contributed by atoms with Gasteiger partial charge in [0.05, 0.1) is 13.2 Å². The van der Waals surface area contributed by atoms with Crippen LogP contribution < -0.4 is 15.4 Å². The lowest BCUT2D eigenvalue weighted by atomic mass is 10.2. The molecule has 0 bridgehead atoms. The maximum absolute atomic E-state index is 11.5. The van der Waals surface area contributed by atoms with E-state index in [0.717, 1.165) is 24.5 Å². The number of carbonyl (C=O) groups is 1. The van der Waals surface area contributed by atoms with E-state index in [1.807, 2.05) is 38.1 Å². The normalized spacial score (nSPS) is 10.5. The molecule has 0 unspecified atom stereocenters. The molecule has 0 aromatic heterocycles. The van der Waals surface area contributed by atoms with Crippen LogP contribution in [0, 0.1) is 0 Å². The SMILES string of the molecule is CCCCCCCOc1ccc(NCC(=O)NC(C)C)cc1. The van der Waals surface area contributed by atoms with Crippen molar-refractivity contribution in [2.75, 3.05) is 18.5 Å². The van der Waals surface area contributed by atoms with Crippen LogP contribution in [0.3, 0.4) is 0 Å². The molecular formula is C18H30N2O2. The maximum Gasteiger partial charge on any atom is 0.239 e. The van der Waals surface area contributed by atoms with Crippen LogP contribution in [0.4, 0.5) is 5.69 Å². The largest absolute Gasteiger partial charge is 0.494 e. The van der Waals surface area contributed by atoms with Gasteiger partial charge < -0.3 is 15.4 Å². The van der Waals surface area contributed by atoms with Crippen LogP contribution in [0.5, 0.6) is 5.75 Å². The van der Waals surface area contributed by atoms with Crippen molar-refractivity contribution in [3.8, 4) is 5.75 Å². The predicted octanol–water partition coefficient (Wildman–Crippen LogP) is 3.97. The van der Waals surface area contributed by atoms with Crippen LogP contribution in [-0.2, 0) is 4.79 Å². The van der Waals surface area contributed by atoms with Gasteiger partial charge in [0, 0.05) is 11.7 Å². The summed E-state index contributed by atoms with van der Waals surface area (Å²) in [7, 11) is 0. The monoisotopic (exact) mass is 306 g/mol. The lowest BCUT2D eigenvalue weighted by molar-refractivity contribution is -0.119. The first-order chi connectivity index (χ1) is 10.6. The fraction of sp³-hybridized carbons (Fsp3) is 0.611. The average Bonchev–Trinajstić information content (AvgIpc) is 2.49. The Morgan fingerprint density at radius 3 is 2.41 bits per heavy atom. The van der Waals surface area contributed by atoms with Gasteiger partial charge in [0.1, 0.15) is 5.75 Å². The highest BCUT2D eigenvalue weighted by atomic mass is 16.5. The highest BCUT2D eigenvalue weighted by Crippen LogP contribution is 2.16. The van der Waals surface area contributed by atoms with Crippen molar-refractivity contribution < 1.29 is 9.53 Å². The van der Waals surface area contributed by atoms with Gasteiger partial charge in [0.2, 0.25) is 5.91 Å². The second-order valence-electron chi connectivity index (χ2n) is 5.86. The summed E-state index contributed by atoms with van der Waals surface area (Å²) in [6.45, 7) is 7.18. The van der Waals surface area contributed by atoms with Gasteiger partial charge >= 0.3 is 0 Å². The second kappa shape index (κ2) is 10.9. The zero-order valence-electron chi connectivity index (χ0n) is 14.2. The van der Waals surface area contributed by atoms with Crippen LogP contribution >= 0.6 is 0 Å². The van der Waals surface area contributed by atoms with Crippen LogP contribution in [0.2, 0.25) is 0 Å². The molecular weight excluding hydrogens is 276 g/mol. The van der Waals surface area contributed by atoms with Crippen LogP contribution in [0.15, 0.2) is 24.3 Å². The van der Waals surface area contributed by atoms with E-state index in [0.29, 0.717) is 0 Å². The Morgan fingerprint density at radius 1 is 1.09 bits per heavy atom. The van der Waals surface area contributed by atoms with Crippen molar-refractivity contribution in [1.29, 1.82) is 0 Å². The van der Waals surface area contributed by atoms with E-state index in [9.17, 15) is 4.79 Å². The molecule has 0 atom stereocenters. The summed E-state index contributed by atoms with van der Waals surface area (Å²) >= 11 is 0. The molecule has 4 heteroatoms. The zero-order chi connectivity index (χ0) is 16.2. The standard InChI is InChI=1S/C18H30N2O2/c1-4-5-6-7-8-13-22-17-11-9-16(10-12-17)19-14-18(21)20-15(2)3/h9-12,15,19H,4-8,13-14H2,1-3H3,(H,20,21). The van der Waals surface area contributed by atoms with E-state index < -0.39 is 0 Å². The number of ether oxygens (including phenoxy) is 1. The minimum Gasteiger partial charge on any atom is -0.494 e. The van der Waals surface area contributed by atoms with Crippen LogP contribution in [0.25, 0.3) is 0 Å². The molecule has 0 saturated heterocycles. The van der Waals surface area contributed by atoms with Gasteiger partial charge in [-0.25, -0.2) is 0 Å². The number of amides is 1. The second-order valence-corrected chi connectivity index (χ2v) is 5.86. The molecule has 1 rings (SSSR count). The minimum absolute atomic E-state index is 0.00223. The van der Waals surface area contributed by atoms with E-state index in [1.54, 1.807) is 0 Å². The molecule has 0 saturated carbocycles. The number of carbonyl (C=O) groups excluding carboxylic acids is 1. The summed E-state index contributed by atoms with van der Waals surface area (Å²) in [5.41, 5.74) is 0.925. The van der Waals surface area contributed by atoms with Crippen molar-refractivity contribution >= 4 is 11.6 Å². The quantitative estimate of drug-likeness (QED) is 0.608. The minimum atomic E-state index is 0.00223. The number of anilines is 1. The Labute approximate surface area is 134 Å². The summed E-state index contributed by atoms with van der Waals surface area (Å²) in [5.74, 6) is 0.884. The molecule has 0 radical (unpaired) electrons. The fourth-order valence-electron chi connectivity index (χ4n) is 2.12. The summed E-state index contributed by atoms with van der Waals surface area (Å²) in [6.07, 6.45) is 6.21. The molecule has 22 heavy (non-hydrogen) atoms. The summed E-state index contributed by atoms with van der Waals surface area (Å²) in [4.78, 5) is 11.5. The fourth-order valence-corrected chi connectivity index (χ4v) is 2.12. The molecule has 2 N–H and O–H groups in total. The predicted molar refractivity (Wildman–Crippen MR) is 92.5 cm³/mol. The lowest BCUT2D eigenvalue weighted by Crippen LogP contribution is -2.34. The number of benzene rings is 1. The lowest BCUT2D eigenvalue weighted by Gasteiger charge is -2.11. The van der Waals surface area contributed by atoms with Gasteiger partial charge in [-0.05, 0) is 44.5 Å². The third kappa shape index (κ3) is 8.55. The van der Waals surface area contributed by atoms with E-state index in [-0.39, 0.29) is 18.5 Å². The Bertz CT molecular complexity index is 416. The third-order valence-corrected chi connectivity index (χ3v) is 3.27. The Kier molecular flexibility index (Phi) is 9.12. The number of rotatable bonds is 11. The van der Waals surface area contributed by atoms with Gasteiger partial charge in [-0.2, -0.15) is 0 Å². The molecule has 0 heterocycles. The molecule has 0 aliphatic carbocycles. The summed E-state index contributed by atoms with van der Waals surface area (Å²) < 4.78 is 5.71. The smallest absolute Gasteiger partial charge is 0.239 e. The first-order valence-electron chi connectivity index (χ1n) is 8.38. The number of unbranched alkanes of at least 4 members (excludes halogenated alkanes) is 4. The van der Waals surface area contributed by atoms with Crippen molar-refractivity contribution in [3.63, 3.8) is 0 Å². The highest BCUT2D eigenvalue weighted by Gasteiger charge is 2.02. The maximum atomic E-state index is 11.5. The molecule has 1 amide bonds. The number of hydrogen-bond acceptors (Lipinski definition) is 3. The molecule has 0 aliphatic rings. The first-order valence-corrected chi connectivity index (χ1v) is 8.38. The zero-order valence-corrected chi connectivity index (χ0v) is 14.2. The van der Waals surface area contributed by atoms with Gasteiger partial charge in [-0.15, -0.1) is 0 Å². The van der Waals surface area contributed by atoms with Gasteiger partial charge in [-0.1, -0.05) is 32.6 Å². The van der Waals surface area contributed by atoms with Gasteiger partial charge in [0.15, 0.2) is 0 Å². The molecule has 1 aromatic carbocycles. The number of nitrogens with one attached hydrogen (secondary N) is 2. The Balaban J connectivity index is 2.21. The molecule has 1 aromatic rings. The molecule has 0 fully saturated rings. The van der Waals surface area contributed by atoms with Crippen molar-refractivity contribution in [1.82, 2.24) is 5.32 Å². The van der Waals surface area contributed by atoms with Crippen LogP contribution in [0.1, 0.15) is 52.9 Å². The van der Waals surface area contributed by atoms with Gasteiger partial charge in [-0.3, -0.25) is 4.79 Å². The van der Waals surface area contributed by atoms with Crippen LogP contribution in [-0.4, -0.2) is 25.1 Å². The third-order valence-electron chi connectivity index (χ3n) is 3.27. The van der Waals surface area contributed by atoms with Gasteiger partial charge in [0.25, 0.3) is 0 Å². The van der Waals surface area contributed by atoms with Crippen molar-refractivity contribution in [2.24, 2.45) is 0 Å². The van der Waals surface area contributed by atoms with E-state index in [1.165, 1.54) is 25.7 Å². The van der Waals surface area contributed by atoms with Crippen molar-refractivity contribution in [2.45, 2.75) is 58.9 Å². The summed E-state index contributed by atoms with van der Waals surface area (Å²) in [5, 5.41) is 5.95. The molecule has 0 spiro atoms. The van der Waals surface area contributed by atoms with E-state index >= 15 is 0 Å². The number of hydrogen-bond donors (Lipinski definition) is 2. The highest BCUT2D eigenvalue weighted by molar-refractivity contribution is 5.80. The Morgan fingerprint density at radius 2 is 1.77 bits per heavy atom. The molecule has 0 aliphatic heterocycles. The van der Waals surface area contributed by atoms with E-state index in [2.05, 4.69) is 17.6 Å². The molecule has 4 nitrogen and oxygen atoms in total. The summed E-state index contributed by atoms with van der Waals surface area (Å²) in [6, 6.07) is 7.93. The molecule has 124 valence electrons. The average molecular weight is 306 g/mol. The van der Waals surface area contributed by atoms with Crippen molar-refractivity contribution in [3.05, 3.63) is 24.3 Å². The first kappa shape index (κ1) is 18.3. The Hall–Kier alpha value is -1.71.